The molecule has 0 saturated carbocycles. The van der Waals surface area contributed by atoms with Gasteiger partial charge in [0.1, 0.15) is 5.15 Å². The topological polar surface area (TPSA) is 43.1 Å². The molecule has 3 rings (SSSR count). The van der Waals surface area contributed by atoms with E-state index < -0.39 is 0 Å². The lowest BCUT2D eigenvalue weighted by Gasteiger charge is -2.01. The third-order valence-corrected chi connectivity index (χ3v) is 3.07. The number of nitrogens with zero attached hydrogens (tertiary/aromatic N) is 4. The van der Waals surface area contributed by atoms with Crippen molar-refractivity contribution in [1.29, 1.82) is 0 Å². The molecule has 0 bridgehead atoms. The first-order chi connectivity index (χ1) is 8.66. The van der Waals surface area contributed by atoms with E-state index in [0.29, 0.717) is 5.15 Å². The fraction of sp³-hybridized carbons (Fsp3) is 0.154. The molecule has 0 amide bonds. The highest BCUT2D eigenvalue weighted by Crippen LogP contribution is 2.28. The molecule has 4 nitrogen and oxygen atoms in total. The molecular formula is C13H11ClN4. The van der Waals surface area contributed by atoms with Crippen molar-refractivity contribution in [1.82, 2.24) is 19.6 Å². The Labute approximate surface area is 109 Å². The second-order valence-corrected chi connectivity index (χ2v) is 4.55. The third-order valence-electron chi connectivity index (χ3n) is 2.80. The number of aromatic nitrogens is 4. The Balaban J connectivity index is 2.39. The Morgan fingerprint density at radius 1 is 1.28 bits per heavy atom. The van der Waals surface area contributed by atoms with Gasteiger partial charge >= 0.3 is 0 Å². The molecule has 3 heterocycles. The van der Waals surface area contributed by atoms with Gasteiger partial charge in [0.2, 0.25) is 0 Å². The van der Waals surface area contributed by atoms with Gasteiger partial charge in [0.25, 0.3) is 0 Å². The van der Waals surface area contributed by atoms with Crippen LogP contribution in [0.25, 0.3) is 16.8 Å². The number of aryl methyl sites for hydroxylation is 2. The Morgan fingerprint density at radius 2 is 2.11 bits per heavy atom. The van der Waals surface area contributed by atoms with E-state index >= 15 is 0 Å². The normalized spacial score (nSPS) is 11.1. The molecule has 0 aliphatic heterocycles. The van der Waals surface area contributed by atoms with Crippen molar-refractivity contribution >= 4 is 17.2 Å². The molecule has 5 heteroatoms. The minimum absolute atomic E-state index is 0.566. The summed E-state index contributed by atoms with van der Waals surface area (Å²) in [6.07, 6.45) is 3.55. The smallest absolute Gasteiger partial charge is 0.165 e. The van der Waals surface area contributed by atoms with Crippen molar-refractivity contribution in [2.45, 2.75) is 13.8 Å². The summed E-state index contributed by atoms with van der Waals surface area (Å²) in [4.78, 5) is 8.66. The first kappa shape index (κ1) is 11.2. The second-order valence-electron chi connectivity index (χ2n) is 4.16. The lowest BCUT2D eigenvalue weighted by molar-refractivity contribution is 0.910. The van der Waals surface area contributed by atoms with Gasteiger partial charge < -0.3 is 0 Å². The molecular weight excluding hydrogens is 248 g/mol. The van der Waals surface area contributed by atoms with E-state index in [4.69, 9.17) is 11.6 Å². The van der Waals surface area contributed by atoms with Crippen molar-refractivity contribution in [3.05, 3.63) is 47.1 Å². The van der Waals surface area contributed by atoms with Crippen molar-refractivity contribution in [2.75, 3.05) is 0 Å². The number of halogens is 1. The van der Waals surface area contributed by atoms with Gasteiger partial charge in [-0.05, 0) is 26.0 Å². The highest BCUT2D eigenvalue weighted by Gasteiger charge is 2.15. The van der Waals surface area contributed by atoms with Gasteiger partial charge in [-0.25, -0.2) is 9.50 Å². The Bertz CT molecular complexity index is 719. The predicted molar refractivity (Wildman–Crippen MR) is 70.7 cm³/mol. The van der Waals surface area contributed by atoms with Gasteiger partial charge in [0.15, 0.2) is 5.65 Å². The minimum atomic E-state index is 0.566. The summed E-state index contributed by atoms with van der Waals surface area (Å²) >= 11 is 6.18. The Kier molecular flexibility index (Phi) is 2.52. The second kappa shape index (κ2) is 4.07. The molecule has 3 aromatic heterocycles. The zero-order valence-corrected chi connectivity index (χ0v) is 10.8. The number of hydrogen-bond donors (Lipinski definition) is 0. The van der Waals surface area contributed by atoms with Gasteiger partial charge in [-0.3, -0.25) is 4.98 Å². The van der Waals surface area contributed by atoms with Crippen LogP contribution in [0.3, 0.4) is 0 Å². The maximum absolute atomic E-state index is 6.18. The Hall–Kier alpha value is -1.94. The van der Waals surface area contributed by atoms with Crippen LogP contribution in [-0.2, 0) is 0 Å². The van der Waals surface area contributed by atoms with E-state index in [1.165, 1.54) is 0 Å². The number of fused-ring (bicyclic) bond motifs is 1. The van der Waals surface area contributed by atoms with Crippen LogP contribution >= 0.6 is 11.6 Å². The largest absolute Gasteiger partial charge is 0.264 e. The maximum atomic E-state index is 6.18. The SMILES string of the molecule is Cc1cc(Cl)n2nc(C)c(-c3cccnc3)c2n1. The molecule has 18 heavy (non-hydrogen) atoms. The molecule has 3 aromatic rings. The molecule has 0 aliphatic rings. The molecule has 0 radical (unpaired) electrons. The van der Waals surface area contributed by atoms with Crippen molar-refractivity contribution < 1.29 is 0 Å². The lowest BCUT2D eigenvalue weighted by Crippen LogP contribution is -1.94. The molecule has 0 unspecified atom stereocenters. The molecule has 0 fully saturated rings. The summed E-state index contributed by atoms with van der Waals surface area (Å²) in [5.74, 6) is 0. The summed E-state index contributed by atoms with van der Waals surface area (Å²) in [5, 5.41) is 4.99. The summed E-state index contributed by atoms with van der Waals surface area (Å²) in [7, 11) is 0. The zero-order chi connectivity index (χ0) is 12.7. The van der Waals surface area contributed by atoms with E-state index in [-0.39, 0.29) is 0 Å². The van der Waals surface area contributed by atoms with Crippen LogP contribution in [-0.4, -0.2) is 19.6 Å². The van der Waals surface area contributed by atoms with Gasteiger partial charge in [-0.1, -0.05) is 17.7 Å². The molecule has 0 atom stereocenters. The van der Waals surface area contributed by atoms with Crippen LogP contribution in [0, 0.1) is 13.8 Å². The van der Waals surface area contributed by atoms with Crippen LogP contribution in [0.5, 0.6) is 0 Å². The standard InChI is InChI=1S/C13H11ClN4/c1-8-6-11(14)18-13(16-8)12(9(2)17-18)10-4-3-5-15-7-10/h3-7H,1-2H3. The quantitative estimate of drug-likeness (QED) is 0.630. The highest BCUT2D eigenvalue weighted by atomic mass is 35.5. The van der Waals surface area contributed by atoms with E-state index in [9.17, 15) is 0 Å². The monoisotopic (exact) mass is 258 g/mol. The summed E-state index contributed by atoms with van der Waals surface area (Å²) < 4.78 is 1.66. The van der Waals surface area contributed by atoms with Gasteiger partial charge in [-0.15, -0.1) is 0 Å². The van der Waals surface area contributed by atoms with E-state index in [1.54, 1.807) is 16.8 Å². The van der Waals surface area contributed by atoms with E-state index in [0.717, 1.165) is 28.2 Å². The molecule has 0 aromatic carbocycles. The number of rotatable bonds is 1. The molecule has 0 aliphatic carbocycles. The van der Waals surface area contributed by atoms with E-state index in [1.807, 2.05) is 32.2 Å². The maximum Gasteiger partial charge on any atom is 0.165 e. The third kappa shape index (κ3) is 1.66. The van der Waals surface area contributed by atoms with Crippen LogP contribution < -0.4 is 0 Å². The zero-order valence-electron chi connectivity index (χ0n) is 10.1. The molecule has 0 spiro atoms. The molecule has 0 N–H and O–H groups in total. The van der Waals surface area contributed by atoms with Gasteiger partial charge in [-0.2, -0.15) is 5.10 Å². The van der Waals surface area contributed by atoms with Crippen molar-refractivity contribution in [2.24, 2.45) is 0 Å². The van der Waals surface area contributed by atoms with Crippen LogP contribution in [0.2, 0.25) is 5.15 Å². The van der Waals surface area contributed by atoms with Crippen molar-refractivity contribution in [3.63, 3.8) is 0 Å². The molecule has 90 valence electrons. The first-order valence-electron chi connectivity index (χ1n) is 5.59. The number of hydrogen-bond acceptors (Lipinski definition) is 3. The summed E-state index contributed by atoms with van der Waals surface area (Å²) in [6.45, 7) is 3.86. The van der Waals surface area contributed by atoms with Gasteiger partial charge in [0, 0.05) is 23.7 Å². The number of pyridine rings is 1. The Morgan fingerprint density at radius 3 is 2.83 bits per heavy atom. The summed E-state index contributed by atoms with van der Waals surface area (Å²) in [6, 6.07) is 5.69. The predicted octanol–water partition coefficient (Wildman–Crippen LogP) is 3.06. The average Bonchev–Trinajstić information content (AvgIpc) is 2.67. The highest BCUT2D eigenvalue weighted by molar-refractivity contribution is 6.29. The summed E-state index contributed by atoms with van der Waals surface area (Å²) in [5.41, 5.74) is 4.51. The van der Waals surface area contributed by atoms with E-state index in [2.05, 4.69) is 15.1 Å². The first-order valence-corrected chi connectivity index (χ1v) is 5.97. The average molecular weight is 259 g/mol. The minimum Gasteiger partial charge on any atom is -0.264 e. The van der Waals surface area contributed by atoms with Gasteiger partial charge in [0.05, 0.1) is 11.3 Å². The van der Waals surface area contributed by atoms with Crippen LogP contribution in [0.15, 0.2) is 30.6 Å². The van der Waals surface area contributed by atoms with Crippen molar-refractivity contribution in [3.8, 4) is 11.1 Å². The fourth-order valence-electron chi connectivity index (χ4n) is 2.05. The molecule has 0 saturated heterocycles. The lowest BCUT2D eigenvalue weighted by atomic mass is 10.1. The van der Waals surface area contributed by atoms with Crippen LogP contribution in [0.4, 0.5) is 0 Å². The fourth-order valence-corrected chi connectivity index (χ4v) is 2.32. The van der Waals surface area contributed by atoms with Crippen LogP contribution in [0.1, 0.15) is 11.4 Å².